The fourth-order valence-corrected chi connectivity index (χ4v) is 1.15. The molecule has 0 heterocycles. The molecule has 0 saturated heterocycles. The lowest BCUT2D eigenvalue weighted by atomic mass is 10.1. The lowest BCUT2D eigenvalue weighted by Crippen LogP contribution is -1.99. The van der Waals surface area contributed by atoms with Gasteiger partial charge in [0.15, 0.2) is 0 Å². The highest BCUT2D eigenvalue weighted by Gasteiger charge is 2.18. The highest BCUT2D eigenvalue weighted by molar-refractivity contribution is 5.41. The van der Waals surface area contributed by atoms with E-state index in [-0.39, 0.29) is 11.3 Å². The van der Waals surface area contributed by atoms with Gasteiger partial charge in [-0.15, -0.1) is 0 Å². The van der Waals surface area contributed by atoms with Crippen LogP contribution in [0.25, 0.3) is 0 Å². The van der Waals surface area contributed by atoms with Crippen molar-refractivity contribution in [1.82, 2.24) is 0 Å². The predicted molar refractivity (Wildman–Crippen MR) is 46.8 cm³/mol. The van der Waals surface area contributed by atoms with Crippen LogP contribution in [0.2, 0.25) is 0 Å². The summed E-state index contributed by atoms with van der Waals surface area (Å²) in [5.74, 6) is 0. The van der Waals surface area contributed by atoms with Gasteiger partial charge in [-0.25, -0.2) is 5.11 Å². The molecular formula is C9H10NO3. The minimum Gasteiger partial charge on any atom is -0.258 e. The molecule has 0 spiro atoms. The molecule has 0 aromatic heterocycles. The minimum atomic E-state index is -0.999. The summed E-state index contributed by atoms with van der Waals surface area (Å²) in [5.41, 5.74) is 0.194. The summed E-state index contributed by atoms with van der Waals surface area (Å²) < 4.78 is 0. The van der Waals surface area contributed by atoms with Gasteiger partial charge in [0.2, 0.25) is 0 Å². The molecule has 0 aliphatic rings. The molecule has 0 N–H and O–H groups in total. The molecule has 0 bridgehead atoms. The largest absolute Gasteiger partial charge is 0.275 e. The molecule has 0 saturated carbocycles. The summed E-state index contributed by atoms with van der Waals surface area (Å²) in [7, 11) is 0. The van der Waals surface area contributed by atoms with Crippen molar-refractivity contribution in [2.75, 3.05) is 0 Å². The van der Waals surface area contributed by atoms with Crippen LogP contribution in [0.1, 0.15) is 25.0 Å². The quantitative estimate of drug-likeness (QED) is 0.529. The minimum absolute atomic E-state index is 0.0793. The number of para-hydroxylation sites is 1. The third kappa shape index (κ3) is 2.03. The highest BCUT2D eigenvalue weighted by Crippen LogP contribution is 2.26. The summed E-state index contributed by atoms with van der Waals surface area (Å²) in [5, 5.41) is 21.8. The number of hydrogen-bond acceptors (Lipinski definition) is 2. The van der Waals surface area contributed by atoms with Crippen LogP contribution in [0.5, 0.6) is 0 Å². The first kappa shape index (κ1) is 9.67. The van der Waals surface area contributed by atoms with Crippen LogP contribution < -0.4 is 0 Å². The standard InChI is InChI=1S/C9H10NO3/c1-2-9(11)7-5-3-4-6-8(7)10(12)13/h3-6,9H,2H2,1H3. The van der Waals surface area contributed by atoms with E-state index in [9.17, 15) is 15.2 Å². The second-order valence-corrected chi connectivity index (χ2v) is 2.71. The molecule has 1 aromatic rings. The maximum Gasteiger partial charge on any atom is 0.275 e. The van der Waals surface area contributed by atoms with Crippen LogP contribution >= 0.6 is 0 Å². The van der Waals surface area contributed by atoms with E-state index < -0.39 is 11.0 Å². The number of nitro benzene ring substituents is 1. The molecule has 4 heteroatoms. The Balaban J connectivity index is 3.11. The van der Waals surface area contributed by atoms with Crippen LogP contribution in [-0.2, 0) is 5.11 Å². The van der Waals surface area contributed by atoms with Crippen LogP contribution in [0.4, 0.5) is 5.69 Å². The first-order valence-corrected chi connectivity index (χ1v) is 4.06. The van der Waals surface area contributed by atoms with Gasteiger partial charge in [0.25, 0.3) is 5.69 Å². The van der Waals surface area contributed by atoms with Crippen molar-refractivity contribution in [1.29, 1.82) is 0 Å². The van der Waals surface area contributed by atoms with Gasteiger partial charge in [0.1, 0.15) is 6.10 Å². The zero-order valence-electron chi connectivity index (χ0n) is 7.27. The fourth-order valence-electron chi connectivity index (χ4n) is 1.15. The van der Waals surface area contributed by atoms with Gasteiger partial charge in [-0.2, -0.15) is 0 Å². The van der Waals surface area contributed by atoms with E-state index >= 15 is 0 Å². The molecule has 1 unspecified atom stereocenters. The van der Waals surface area contributed by atoms with E-state index in [0.717, 1.165) is 0 Å². The van der Waals surface area contributed by atoms with Crippen molar-refractivity contribution in [3.8, 4) is 0 Å². The van der Waals surface area contributed by atoms with E-state index in [0.29, 0.717) is 6.42 Å². The van der Waals surface area contributed by atoms with Crippen molar-refractivity contribution in [3.05, 3.63) is 39.9 Å². The monoisotopic (exact) mass is 180 g/mol. The van der Waals surface area contributed by atoms with Crippen LogP contribution in [0.3, 0.4) is 0 Å². The second kappa shape index (κ2) is 4.00. The van der Waals surface area contributed by atoms with Crippen LogP contribution in [0, 0.1) is 10.1 Å². The molecule has 0 fully saturated rings. The fraction of sp³-hybridized carbons (Fsp3) is 0.333. The molecule has 1 rings (SSSR count). The number of nitro groups is 1. The smallest absolute Gasteiger partial charge is 0.258 e. The molecule has 0 aliphatic heterocycles. The first-order valence-electron chi connectivity index (χ1n) is 4.06. The summed E-state index contributed by atoms with van der Waals surface area (Å²) >= 11 is 0. The van der Waals surface area contributed by atoms with Gasteiger partial charge < -0.3 is 0 Å². The van der Waals surface area contributed by atoms with E-state index in [4.69, 9.17) is 0 Å². The van der Waals surface area contributed by atoms with E-state index in [1.54, 1.807) is 19.1 Å². The zero-order valence-corrected chi connectivity index (χ0v) is 7.27. The number of hydrogen-bond donors (Lipinski definition) is 0. The molecule has 1 aromatic carbocycles. The average molecular weight is 180 g/mol. The lowest BCUT2D eigenvalue weighted by Gasteiger charge is -2.05. The highest BCUT2D eigenvalue weighted by atomic mass is 16.6. The molecule has 0 amide bonds. The number of rotatable bonds is 3. The first-order chi connectivity index (χ1) is 6.16. The molecule has 4 nitrogen and oxygen atoms in total. The number of benzene rings is 1. The summed E-state index contributed by atoms with van der Waals surface area (Å²) in [6.45, 7) is 1.72. The van der Waals surface area contributed by atoms with Crippen LogP contribution in [-0.4, -0.2) is 4.92 Å². The summed E-state index contributed by atoms with van der Waals surface area (Å²) in [4.78, 5) is 9.99. The predicted octanol–water partition coefficient (Wildman–Crippen LogP) is 2.48. The Morgan fingerprint density at radius 3 is 2.62 bits per heavy atom. The third-order valence-electron chi connectivity index (χ3n) is 1.85. The topological polar surface area (TPSA) is 63.0 Å². The maximum atomic E-state index is 11.3. The Kier molecular flexibility index (Phi) is 2.97. The van der Waals surface area contributed by atoms with Gasteiger partial charge in [-0.05, 0) is 12.5 Å². The summed E-state index contributed by atoms with van der Waals surface area (Å²) in [6, 6.07) is 6.07. The van der Waals surface area contributed by atoms with Gasteiger partial charge in [0.05, 0.1) is 10.5 Å². The molecule has 1 atom stereocenters. The Morgan fingerprint density at radius 2 is 2.08 bits per heavy atom. The Labute approximate surface area is 76.0 Å². The SMILES string of the molecule is CCC([O])c1ccccc1[N+](=O)[O-]. The van der Waals surface area contributed by atoms with Gasteiger partial charge >= 0.3 is 0 Å². The lowest BCUT2D eigenvalue weighted by molar-refractivity contribution is -0.386. The molecule has 69 valence electrons. The average Bonchev–Trinajstić information content (AvgIpc) is 2.16. The summed E-state index contributed by atoms with van der Waals surface area (Å²) in [6.07, 6.45) is -0.633. The third-order valence-corrected chi connectivity index (χ3v) is 1.85. The van der Waals surface area contributed by atoms with Gasteiger partial charge in [-0.3, -0.25) is 10.1 Å². The number of nitrogens with zero attached hydrogens (tertiary/aromatic N) is 1. The molecular weight excluding hydrogens is 170 g/mol. The van der Waals surface area contributed by atoms with Gasteiger partial charge in [-0.1, -0.05) is 19.1 Å². The van der Waals surface area contributed by atoms with Crippen molar-refractivity contribution < 1.29 is 10.0 Å². The van der Waals surface area contributed by atoms with Crippen molar-refractivity contribution >= 4 is 5.69 Å². The van der Waals surface area contributed by atoms with Crippen molar-refractivity contribution in [2.24, 2.45) is 0 Å². The normalized spacial score (nSPS) is 12.5. The molecule has 13 heavy (non-hydrogen) atoms. The van der Waals surface area contributed by atoms with E-state index in [1.807, 2.05) is 0 Å². The Morgan fingerprint density at radius 1 is 1.46 bits per heavy atom. The van der Waals surface area contributed by atoms with E-state index in [2.05, 4.69) is 0 Å². The Hall–Kier alpha value is -1.42. The van der Waals surface area contributed by atoms with Crippen molar-refractivity contribution in [2.45, 2.75) is 19.4 Å². The van der Waals surface area contributed by atoms with Crippen molar-refractivity contribution in [3.63, 3.8) is 0 Å². The second-order valence-electron chi connectivity index (χ2n) is 2.71. The molecule has 0 aliphatic carbocycles. The van der Waals surface area contributed by atoms with Gasteiger partial charge in [0, 0.05) is 6.07 Å². The Bertz CT molecular complexity index is 311. The zero-order chi connectivity index (χ0) is 9.84. The van der Waals surface area contributed by atoms with E-state index in [1.165, 1.54) is 12.1 Å². The molecule has 1 radical (unpaired) electrons. The van der Waals surface area contributed by atoms with Crippen LogP contribution in [0.15, 0.2) is 24.3 Å². The maximum absolute atomic E-state index is 11.3.